The number of imide groups is 2. The Balaban J connectivity index is 1.48. The number of hydrogen-bond donors (Lipinski definition) is 0. The average molecular weight is 575 g/mol. The molecule has 4 amide bonds. The summed E-state index contributed by atoms with van der Waals surface area (Å²) in [5.74, 6) is -2.20. The molecule has 0 fully saturated rings. The first-order valence-corrected chi connectivity index (χ1v) is 13.5. The van der Waals surface area contributed by atoms with Crippen molar-refractivity contribution in [3.05, 3.63) is 130 Å². The minimum absolute atomic E-state index is 0.0264. The van der Waals surface area contributed by atoms with Crippen LogP contribution >= 0.6 is 0 Å². The molecule has 2 heterocycles. The smallest absolute Gasteiger partial charge is 0.269 e. The van der Waals surface area contributed by atoms with Crippen LogP contribution in [0.15, 0.2) is 91.0 Å². The number of amides is 4. The monoisotopic (exact) mass is 574 g/mol. The molecule has 208 valence electrons. The molecule has 0 spiro atoms. The number of aryl methyl sites for hydroxylation is 1. The molecule has 0 saturated carbocycles. The van der Waals surface area contributed by atoms with Gasteiger partial charge in [-0.2, -0.15) is 10.5 Å². The van der Waals surface area contributed by atoms with Gasteiger partial charge in [-0.15, -0.1) is 0 Å². The lowest BCUT2D eigenvalue weighted by atomic mass is 9.85. The Morgan fingerprint density at radius 1 is 0.591 bits per heavy atom. The SMILES string of the molecule is Cc1cccc(Oc2cc3c4c(ccc5c4c2C(=O)N(c2ccc(C#N)cc2)C5=O)C(=O)N(c2ccc(C#N)cc2)C3=O)c1. The number of anilines is 2. The molecule has 0 saturated heterocycles. The molecule has 5 aromatic carbocycles. The maximum Gasteiger partial charge on any atom is 0.269 e. The lowest BCUT2D eigenvalue weighted by Gasteiger charge is -2.33. The van der Waals surface area contributed by atoms with Gasteiger partial charge in [0.1, 0.15) is 11.5 Å². The van der Waals surface area contributed by atoms with E-state index in [1.807, 2.05) is 25.1 Å². The number of nitrogens with zero attached hydrogens (tertiary/aromatic N) is 4. The largest absolute Gasteiger partial charge is 0.456 e. The highest BCUT2D eigenvalue weighted by Gasteiger charge is 2.42. The maximum atomic E-state index is 14.2. The van der Waals surface area contributed by atoms with Gasteiger partial charge in [-0.3, -0.25) is 19.2 Å². The molecule has 0 atom stereocenters. The van der Waals surface area contributed by atoms with Crippen LogP contribution in [0, 0.1) is 29.6 Å². The highest BCUT2D eigenvalue weighted by atomic mass is 16.5. The minimum Gasteiger partial charge on any atom is -0.456 e. The molecule has 0 N–H and O–H groups in total. The number of carbonyl (C=O) groups excluding carboxylic acids is 4. The molecule has 7 rings (SSSR count). The van der Waals surface area contributed by atoms with Crippen molar-refractivity contribution in [1.29, 1.82) is 10.5 Å². The molecule has 9 nitrogen and oxygen atoms in total. The summed E-state index contributed by atoms with van der Waals surface area (Å²) in [7, 11) is 0. The second-order valence-electron chi connectivity index (χ2n) is 10.3. The van der Waals surface area contributed by atoms with Gasteiger partial charge in [0.15, 0.2) is 0 Å². The van der Waals surface area contributed by atoms with Gasteiger partial charge >= 0.3 is 0 Å². The molecule has 0 bridgehead atoms. The van der Waals surface area contributed by atoms with Crippen molar-refractivity contribution >= 4 is 45.8 Å². The van der Waals surface area contributed by atoms with Gasteiger partial charge in [0.2, 0.25) is 0 Å². The number of carbonyl (C=O) groups is 4. The molecule has 0 unspecified atom stereocenters. The van der Waals surface area contributed by atoms with Crippen LogP contribution in [0.5, 0.6) is 11.5 Å². The van der Waals surface area contributed by atoms with Crippen molar-refractivity contribution in [2.45, 2.75) is 6.92 Å². The molecule has 9 heteroatoms. The van der Waals surface area contributed by atoms with Gasteiger partial charge in [0, 0.05) is 21.9 Å². The summed E-state index contributed by atoms with van der Waals surface area (Å²) >= 11 is 0. The molecule has 2 aliphatic rings. The summed E-state index contributed by atoms with van der Waals surface area (Å²) in [5, 5.41) is 18.8. The van der Waals surface area contributed by atoms with E-state index in [1.165, 1.54) is 66.7 Å². The first kappa shape index (κ1) is 26.3. The van der Waals surface area contributed by atoms with Gasteiger partial charge in [0.05, 0.1) is 45.8 Å². The average Bonchev–Trinajstić information content (AvgIpc) is 3.03. The fraction of sp³-hybridized carbons (Fsp3) is 0.0286. The predicted molar refractivity (Wildman–Crippen MR) is 160 cm³/mol. The molecule has 5 aromatic rings. The number of rotatable bonds is 4. The summed E-state index contributed by atoms with van der Waals surface area (Å²) in [5.41, 5.74) is 2.49. The van der Waals surface area contributed by atoms with Crippen LogP contribution in [0.4, 0.5) is 11.4 Å². The van der Waals surface area contributed by atoms with Crippen molar-refractivity contribution < 1.29 is 23.9 Å². The third kappa shape index (κ3) is 3.85. The molecule has 0 aromatic heterocycles. The third-order valence-corrected chi connectivity index (χ3v) is 7.69. The van der Waals surface area contributed by atoms with E-state index in [0.717, 1.165) is 15.4 Å². The zero-order valence-corrected chi connectivity index (χ0v) is 23.0. The second kappa shape index (κ2) is 9.76. The maximum absolute atomic E-state index is 14.2. The number of hydrogen-bond acceptors (Lipinski definition) is 7. The van der Waals surface area contributed by atoms with E-state index in [-0.39, 0.29) is 50.2 Å². The fourth-order valence-electron chi connectivity index (χ4n) is 5.66. The van der Waals surface area contributed by atoms with E-state index in [2.05, 4.69) is 0 Å². The molecule has 44 heavy (non-hydrogen) atoms. The highest BCUT2D eigenvalue weighted by Crippen LogP contribution is 2.45. The van der Waals surface area contributed by atoms with Crippen molar-refractivity contribution in [2.75, 3.05) is 9.80 Å². The molecular weight excluding hydrogens is 556 g/mol. The zero-order chi connectivity index (χ0) is 30.7. The normalized spacial score (nSPS) is 13.6. The van der Waals surface area contributed by atoms with Crippen LogP contribution in [0.1, 0.15) is 58.1 Å². The van der Waals surface area contributed by atoms with Gasteiger partial charge in [-0.1, -0.05) is 12.1 Å². The Morgan fingerprint density at radius 3 is 1.66 bits per heavy atom. The van der Waals surface area contributed by atoms with Crippen LogP contribution in [-0.4, -0.2) is 23.6 Å². The van der Waals surface area contributed by atoms with Crippen LogP contribution in [0.25, 0.3) is 10.8 Å². The quantitative estimate of drug-likeness (QED) is 0.231. The number of nitriles is 2. The summed E-state index contributed by atoms with van der Waals surface area (Å²) < 4.78 is 6.26. The van der Waals surface area contributed by atoms with Gasteiger partial charge in [-0.25, -0.2) is 9.80 Å². The standard InChI is InChI=1S/C35H18N4O5/c1-19-3-2-4-24(15-19)44-28-16-27-29-25(32(40)38(34(27)42)22-9-5-20(17-36)6-10-22)13-14-26-30(29)31(28)35(43)39(33(26)41)23-11-7-21(18-37)8-12-23/h2-16H,1H3. The first-order chi connectivity index (χ1) is 21.3. The van der Waals surface area contributed by atoms with E-state index < -0.39 is 23.6 Å². The predicted octanol–water partition coefficient (Wildman–Crippen LogP) is 6.29. The topological polar surface area (TPSA) is 132 Å². The van der Waals surface area contributed by atoms with E-state index in [4.69, 9.17) is 4.74 Å². The Hall–Kier alpha value is -6.58. The number of benzene rings is 5. The molecule has 0 radical (unpaired) electrons. The highest BCUT2D eigenvalue weighted by molar-refractivity contribution is 6.42. The Bertz CT molecular complexity index is 2210. The lowest BCUT2D eigenvalue weighted by molar-refractivity contribution is 0.0871. The van der Waals surface area contributed by atoms with Gasteiger partial charge < -0.3 is 4.74 Å². The van der Waals surface area contributed by atoms with Crippen molar-refractivity contribution in [1.82, 2.24) is 0 Å². The summed E-state index contributed by atoms with van der Waals surface area (Å²) in [6.45, 7) is 1.88. The number of ether oxygens (including phenoxy) is 1. The van der Waals surface area contributed by atoms with Crippen molar-refractivity contribution in [2.24, 2.45) is 0 Å². The summed E-state index contributed by atoms with van der Waals surface area (Å²) in [6.07, 6.45) is 0. The van der Waals surface area contributed by atoms with E-state index in [9.17, 15) is 29.7 Å². The van der Waals surface area contributed by atoms with E-state index in [1.54, 1.807) is 18.2 Å². The van der Waals surface area contributed by atoms with Crippen LogP contribution in [0.2, 0.25) is 0 Å². The second-order valence-corrected chi connectivity index (χ2v) is 10.3. The Kier molecular flexibility index (Phi) is 5.84. The Morgan fingerprint density at radius 2 is 1.11 bits per heavy atom. The van der Waals surface area contributed by atoms with E-state index >= 15 is 0 Å². The first-order valence-electron chi connectivity index (χ1n) is 13.5. The lowest BCUT2D eigenvalue weighted by Crippen LogP contribution is -2.43. The Labute approximate surface area is 250 Å². The zero-order valence-electron chi connectivity index (χ0n) is 23.0. The van der Waals surface area contributed by atoms with Crippen LogP contribution in [-0.2, 0) is 0 Å². The van der Waals surface area contributed by atoms with Gasteiger partial charge in [0.25, 0.3) is 23.6 Å². The van der Waals surface area contributed by atoms with Crippen LogP contribution in [0.3, 0.4) is 0 Å². The summed E-state index contributed by atoms with van der Waals surface area (Å²) in [4.78, 5) is 58.0. The van der Waals surface area contributed by atoms with E-state index in [0.29, 0.717) is 16.9 Å². The minimum atomic E-state index is -0.701. The molecular formula is C35H18N4O5. The van der Waals surface area contributed by atoms with Gasteiger partial charge in [-0.05, 0) is 91.3 Å². The van der Waals surface area contributed by atoms with Crippen molar-refractivity contribution in [3.63, 3.8) is 0 Å². The fourth-order valence-corrected chi connectivity index (χ4v) is 5.66. The van der Waals surface area contributed by atoms with Crippen LogP contribution < -0.4 is 14.5 Å². The molecule has 2 aliphatic heterocycles. The third-order valence-electron chi connectivity index (χ3n) is 7.69. The van der Waals surface area contributed by atoms with Crippen molar-refractivity contribution in [3.8, 4) is 23.6 Å². The summed E-state index contributed by atoms with van der Waals surface area (Å²) in [6, 6.07) is 27.6. The molecule has 0 aliphatic carbocycles.